The Morgan fingerprint density at radius 1 is 1.12 bits per heavy atom. The second kappa shape index (κ2) is 9.03. The van der Waals surface area contributed by atoms with Gasteiger partial charge in [0.15, 0.2) is 6.61 Å². The van der Waals surface area contributed by atoms with Crippen molar-refractivity contribution >= 4 is 46.7 Å². The largest absolute Gasteiger partial charge is 0.468 e. The molecule has 0 aliphatic heterocycles. The van der Waals surface area contributed by atoms with Crippen LogP contribution in [-0.4, -0.2) is 44.9 Å². The van der Waals surface area contributed by atoms with E-state index in [4.69, 9.17) is 33.7 Å². The number of hydrogen-bond donors (Lipinski definition) is 1. The minimum Gasteiger partial charge on any atom is -0.468 e. The Kier molecular flexibility index (Phi) is 6.71. The van der Waals surface area contributed by atoms with Gasteiger partial charge in [0.05, 0.1) is 13.7 Å². The number of nitrogens with two attached hydrogens (primary N) is 1. The number of anilines is 1. The van der Waals surface area contributed by atoms with Crippen LogP contribution in [-0.2, 0) is 32.2 Å². The van der Waals surface area contributed by atoms with E-state index in [-0.39, 0.29) is 13.0 Å². The average molecular weight is 498 g/mol. The van der Waals surface area contributed by atoms with Gasteiger partial charge in [-0.2, -0.15) is 0 Å². The smallest absolute Gasteiger partial charge is 0.333 e. The molecule has 1 heterocycles. The molecule has 3 rings (SSSR count). The first kappa shape index (κ1) is 24.5. The fourth-order valence-electron chi connectivity index (χ4n) is 3.21. The molecule has 0 radical (unpaired) electrons. The first-order valence-corrected chi connectivity index (χ1v) is 10.5. The molecular formula is C21H21Cl2N3O7. The molecule has 1 aromatic heterocycles. The number of aromatic nitrogens is 2. The second-order valence-corrected chi connectivity index (χ2v) is 9.28. The fourth-order valence-corrected chi connectivity index (χ4v) is 3.90. The van der Waals surface area contributed by atoms with Crippen LogP contribution in [0.2, 0.25) is 0 Å². The summed E-state index contributed by atoms with van der Waals surface area (Å²) in [6.45, 7) is -0.161. The van der Waals surface area contributed by atoms with Crippen LogP contribution in [0.1, 0.15) is 29.3 Å². The van der Waals surface area contributed by atoms with Crippen molar-refractivity contribution < 1.29 is 23.9 Å². The van der Waals surface area contributed by atoms with Crippen LogP contribution in [0.15, 0.2) is 39.9 Å². The van der Waals surface area contributed by atoms with E-state index in [1.54, 1.807) is 30.3 Å². The van der Waals surface area contributed by atoms with Gasteiger partial charge in [0.25, 0.3) is 5.56 Å². The van der Waals surface area contributed by atoms with Gasteiger partial charge in [-0.3, -0.25) is 23.7 Å². The number of alkyl halides is 2. The van der Waals surface area contributed by atoms with Crippen LogP contribution in [0.4, 0.5) is 5.82 Å². The van der Waals surface area contributed by atoms with Crippen LogP contribution in [0.25, 0.3) is 0 Å². The lowest BCUT2D eigenvalue weighted by atomic mass is 10.1. The Morgan fingerprint density at radius 2 is 1.73 bits per heavy atom. The standard InChI is InChI=1S/C21H21Cl2N3O7/c1-20(11-21(20,22)23)18(30)33-10-13(27)15-16(24)25(8-12-6-4-3-5-7-12)19(31)26(17(15)29)9-14(28)32-2/h3-7H,8-11,24H2,1-2H3. The highest BCUT2D eigenvalue weighted by atomic mass is 35.5. The molecule has 0 bridgehead atoms. The van der Waals surface area contributed by atoms with E-state index in [2.05, 4.69) is 4.74 Å². The van der Waals surface area contributed by atoms with Crippen molar-refractivity contribution in [3.63, 3.8) is 0 Å². The van der Waals surface area contributed by atoms with Crippen molar-refractivity contribution in [1.29, 1.82) is 0 Å². The molecule has 0 amide bonds. The molecule has 1 unspecified atom stereocenters. The summed E-state index contributed by atoms with van der Waals surface area (Å²) in [5, 5.41) is 0. The lowest BCUT2D eigenvalue weighted by Gasteiger charge is -2.16. The van der Waals surface area contributed by atoms with Crippen LogP contribution in [0.3, 0.4) is 0 Å². The molecule has 2 N–H and O–H groups in total. The van der Waals surface area contributed by atoms with E-state index in [0.29, 0.717) is 10.1 Å². The molecule has 1 saturated carbocycles. The molecule has 2 aromatic rings. The normalized spacial score (nSPS) is 18.4. The molecule has 33 heavy (non-hydrogen) atoms. The maximum absolute atomic E-state index is 12.9. The molecule has 1 aromatic carbocycles. The predicted octanol–water partition coefficient (Wildman–Crippen LogP) is 1.12. The summed E-state index contributed by atoms with van der Waals surface area (Å²) in [5.41, 5.74) is 2.92. The predicted molar refractivity (Wildman–Crippen MR) is 119 cm³/mol. The Hall–Kier alpha value is -3.11. The zero-order chi connectivity index (χ0) is 24.6. The SMILES string of the molecule is COC(=O)Cn1c(=O)c(C(=O)COC(=O)C2(C)CC2(Cl)Cl)c(N)n(Cc2ccccc2)c1=O. The summed E-state index contributed by atoms with van der Waals surface area (Å²) in [6, 6.07) is 8.67. The summed E-state index contributed by atoms with van der Waals surface area (Å²) in [7, 11) is 1.09. The number of nitrogen functional groups attached to an aromatic ring is 1. The van der Waals surface area contributed by atoms with Gasteiger partial charge in [0, 0.05) is 6.42 Å². The van der Waals surface area contributed by atoms with Gasteiger partial charge < -0.3 is 15.2 Å². The number of halogens is 2. The number of methoxy groups -OCH3 is 1. The van der Waals surface area contributed by atoms with Crippen molar-refractivity contribution in [1.82, 2.24) is 9.13 Å². The highest BCUT2D eigenvalue weighted by molar-refractivity contribution is 6.53. The quantitative estimate of drug-likeness (QED) is 0.325. The lowest BCUT2D eigenvalue weighted by Crippen LogP contribution is -2.46. The Bertz CT molecular complexity index is 1240. The molecular weight excluding hydrogens is 477 g/mol. The third kappa shape index (κ3) is 4.67. The van der Waals surface area contributed by atoms with Gasteiger partial charge in [-0.25, -0.2) is 9.36 Å². The third-order valence-corrected chi connectivity index (χ3v) is 6.59. The first-order chi connectivity index (χ1) is 15.4. The minimum atomic E-state index is -1.30. The van der Waals surface area contributed by atoms with E-state index < -0.39 is 63.3 Å². The summed E-state index contributed by atoms with van der Waals surface area (Å²) < 4.78 is 9.79. The number of nitrogens with zero attached hydrogens (tertiary/aromatic N) is 2. The van der Waals surface area contributed by atoms with Gasteiger partial charge >= 0.3 is 17.6 Å². The Morgan fingerprint density at radius 3 is 2.27 bits per heavy atom. The summed E-state index contributed by atoms with van der Waals surface area (Å²) >= 11 is 11.9. The number of ketones is 1. The van der Waals surface area contributed by atoms with E-state index in [1.807, 2.05) is 0 Å². The molecule has 1 aliphatic rings. The van der Waals surface area contributed by atoms with E-state index in [0.717, 1.165) is 11.7 Å². The zero-order valence-electron chi connectivity index (χ0n) is 17.8. The number of carbonyl (C=O) groups excluding carboxylic acids is 3. The summed E-state index contributed by atoms with van der Waals surface area (Å²) in [6.07, 6.45) is 0.145. The highest BCUT2D eigenvalue weighted by Crippen LogP contribution is 2.64. The number of hydrogen-bond acceptors (Lipinski definition) is 8. The maximum Gasteiger partial charge on any atom is 0.333 e. The van der Waals surface area contributed by atoms with Crippen LogP contribution in [0.5, 0.6) is 0 Å². The van der Waals surface area contributed by atoms with E-state index >= 15 is 0 Å². The molecule has 1 aliphatic carbocycles. The van der Waals surface area contributed by atoms with E-state index in [1.165, 1.54) is 6.92 Å². The summed E-state index contributed by atoms with van der Waals surface area (Å²) in [5.74, 6) is -3.06. The number of carbonyl (C=O) groups is 3. The highest BCUT2D eigenvalue weighted by Gasteiger charge is 2.69. The molecule has 0 saturated heterocycles. The summed E-state index contributed by atoms with van der Waals surface area (Å²) in [4.78, 5) is 62.8. The maximum atomic E-state index is 12.9. The zero-order valence-corrected chi connectivity index (χ0v) is 19.3. The number of ether oxygens (including phenoxy) is 2. The Labute approximate surface area is 197 Å². The van der Waals surface area contributed by atoms with Gasteiger partial charge in [0.1, 0.15) is 27.7 Å². The van der Waals surface area contributed by atoms with Crippen molar-refractivity contribution in [3.05, 3.63) is 62.3 Å². The number of Topliss-reactive ketones (excluding diaryl/α,β-unsaturated/α-hetero) is 1. The molecule has 0 spiro atoms. The monoisotopic (exact) mass is 497 g/mol. The van der Waals surface area contributed by atoms with Crippen molar-refractivity contribution in [2.45, 2.75) is 30.8 Å². The van der Waals surface area contributed by atoms with Crippen molar-refractivity contribution in [3.8, 4) is 0 Å². The lowest BCUT2D eigenvalue weighted by molar-refractivity contribution is -0.148. The van der Waals surface area contributed by atoms with Crippen LogP contribution < -0.4 is 17.0 Å². The second-order valence-electron chi connectivity index (χ2n) is 7.79. The topological polar surface area (TPSA) is 140 Å². The van der Waals surface area contributed by atoms with Crippen LogP contribution in [0, 0.1) is 5.41 Å². The molecule has 12 heteroatoms. The average Bonchev–Trinajstić information content (AvgIpc) is 3.31. The molecule has 10 nitrogen and oxygen atoms in total. The number of esters is 2. The molecule has 1 fully saturated rings. The van der Waals surface area contributed by atoms with Gasteiger partial charge in [-0.15, -0.1) is 23.2 Å². The number of rotatable bonds is 8. The number of benzene rings is 1. The van der Waals surface area contributed by atoms with Crippen molar-refractivity contribution in [2.75, 3.05) is 19.5 Å². The fraction of sp³-hybridized carbons (Fsp3) is 0.381. The van der Waals surface area contributed by atoms with Crippen LogP contribution >= 0.6 is 23.2 Å². The minimum absolute atomic E-state index is 0.0773. The van der Waals surface area contributed by atoms with E-state index in [9.17, 15) is 24.0 Å². The van der Waals surface area contributed by atoms with Gasteiger partial charge in [-0.05, 0) is 12.5 Å². The first-order valence-electron chi connectivity index (χ1n) is 9.75. The third-order valence-electron chi connectivity index (χ3n) is 5.49. The van der Waals surface area contributed by atoms with Gasteiger partial charge in [-0.1, -0.05) is 30.3 Å². The Balaban J connectivity index is 1.99. The van der Waals surface area contributed by atoms with Crippen molar-refractivity contribution in [2.24, 2.45) is 5.41 Å². The molecule has 176 valence electrons. The van der Waals surface area contributed by atoms with Gasteiger partial charge in [0.2, 0.25) is 5.78 Å². The molecule has 1 atom stereocenters.